The molecule has 0 aliphatic carbocycles. The summed E-state index contributed by atoms with van der Waals surface area (Å²) in [6.07, 6.45) is 14.0. The number of nitrogens with one attached hydrogen (secondary N) is 1. The zero-order valence-corrected chi connectivity index (χ0v) is 10.8. The van der Waals surface area contributed by atoms with Crippen molar-refractivity contribution in [3.05, 3.63) is 0 Å². The van der Waals surface area contributed by atoms with Crippen LogP contribution in [-0.2, 0) is 0 Å². The van der Waals surface area contributed by atoms with Crippen molar-refractivity contribution in [1.82, 2.24) is 5.32 Å². The van der Waals surface area contributed by atoms with E-state index in [1.807, 2.05) is 0 Å². The predicted molar refractivity (Wildman–Crippen MR) is 68.3 cm³/mol. The second kappa shape index (κ2) is 7.27. The van der Waals surface area contributed by atoms with Gasteiger partial charge in [-0.05, 0) is 32.2 Å². The van der Waals surface area contributed by atoms with Crippen molar-refractivity contribution in [2.45, 2.75) is 83.6 Å². The van der Waals surface area contributed by atoms with E-state index in [2.05, 4.69) is 19.2 Å². The molecule has 1 aliphatic heterocycles. The quantitative estimate of drug-likeness (QED) is 0.692. The zero-order valence-electron chi connectivity index (χ0n) is 10.8. The monoisotopic (exact) mass is 211 g/mol. The lowest BCUT2D eigenvalue weighted by molar-refractivity contribution is 0.259. The normalized spacial score (nSPS) is 21.2. The predicted octanol–water partition coefficient (Wildman–Crippen LogP) is 4.27. The Kier molecular flexibility index (Phi) is 6.31. The van der Waals surface area contributed by atoms with E-state index in [0.717, 1.165) is 0 Å². The molecule has 15 heavy (non-hydrogen) atoms. The maximum absolute atomic E-state index is 3.86. The topological polar surface area (TPSA) is 12.0 Å². The Hall–Kier alpha value is -0.0400. The van der Waals surface area contributed by atoms with Crippen molar-refractivity contribution in [3.8, 4) is 0 Å². The first-order valence-corrected chi connectivity index (χ1v) is 7.08. The SMILES string of the molecule is CCCCC1(CCCC)CCCCCN1. The van der Waals surface area contributed by atoms with E-state index in [9.17, 15) is 0 Å². The molecule has 1 heterocycles. The molecular weight excluding hydrogens is 182 g/mol. The van der Waals surface area contributed by atoms with E-state index in [0.29, 0.717) is 5.54 Å². The first-order chi connectivity index (χ1) is 7.33. The number of hydrogen-bond donors (Lipinski definition) is 1. The summed E-state index contributed by atoms with van der Waals surface area (Å²) in [6.45, 7) is 5.88. The van der Waals surface area contributed by atoms with Crippen LogP contribution in [-0.4, -0.2) is 12.1 Å². The van der Waals surface area contributed by atoms with Gasteiger partial charge < -0.3 is 5.32 Å². The summed E-state index contributed by atoms with van der Waals surface area (Å²) < 4.78 is 0. The molecule has 90 valence electrons. The van der Waals surface area contributed by atoms with Gasteiger partial charge in [-0.3, -0.25) is 0 Å². The first kappa shape index (κ1) is 13.0. The zero-order chi connectivity index (χ0) is 11.0. The van der Waals surface area contributed by atoms with E-state index >= 15 is 0 Å². The highest BCUT2D eigenvalue weighted by molar-refractivity contribution is 4.89. The number of rotatable bonds is 6. The molecule has 0 aromatic carbocycles. The Morgan fingerprint density at radius 2 is 1.60 bits per heavy atom. The molecule has 0 amide bonds. The van der Waals surface area contributed by atoms with Crippen LogP contribution in [0.4, 0.5) is 0 Å². The van der Waals surface area contributed by atoms with E-state index in [4.69, 9.17) is 0 Å². The molecule has 0 unspecified atom stereocenters. The van der Waals surface area contributed by atoms with Crippen LogP contribution >= 0.6 is 0 Å². The minimum Gasteiger partial charge on any atom is -0.311 e. The fourth-order valence-electron chi connectivity index (χ4n) is 2.79. The lowest BCUT2D eigenvalue weighted by Gasteiger charge is -2.34. The molecule has 1 fully saturated rings. The van der Waals surface area contributed by atoms with Gasteiger partial charge in [0.1, 0.15) is 0 Å². The molecule has 1 saturated heterocycles. The highest BCUT2D eigenvalue weighted by Crippen LogP contribution is 2.29. The van der Waals surface area contributed by atoms with Crippen LogP contribution in [0.25, 0.3) is 0 Å². The second-order valence-electron chi connectivity index (χ2n) is 5.22. The van der Waals surface area contributed by atoms with Crippen LogP contribution in [0.3, 0.4) is 0 Å². The molecule has 0 spiro atoms. The average Bonchev–Trinajstić information content (AvgIpc) is 2.50. The van der Waals surface area contributed by atoms with Crippen molar-refractivity contribution in [2.24, 2.45) is 0 Å². The van der Waals surface area contributed by atoms with E-state index in [1.54, 1.807) is 0 Å². The van der Waals surface area contributed by atoms with Gasteiger partial charge in [-0.15, -0.1) is 0 Å². The van der Waals surface area contributed by atoms with Gasteiger partial charge in [0, 0.05) is 5.54 Å². The smallest absolute Gasteiger partial charge is 0.0181 e. The average molecular weight is 211 g/mol. The standard InChI is InChI=1S/C14H29N/c1-3-5-10-14(11-6-4-2)12-8-7-9-13-15-14/h15H,3-13H2,1-2H3. The van der Waals surface area contributed by atoms with Crippen LogP contribution in [0.15, 0.2) is 0 Å². The van der Waals surface area contributed by atoms with E-state index < -0.39 is 0 Å². The Morgan fingerprint density at radius 3 is 2.20 bits per heavy atom. The third-order valence-electron chi connectivity index (χ3n) is 3.85. The van der Waals surface area contributed by atoms with Gasteiger partial charge >= 0.3 is 0 Å². The molecule has 1 rings (SSSR count). The molecular formula is C14H29N. The Morgan fingerprint density at radius 1 is 0.933 bits per heavy atom. The minimum atomic E-state index is 0.516. The maximum Gasteiger partial charge on any atom is 0.0181 e. The number of unbranched alkanes of at least 4 members (excludes halogenated alkanes) is 2. The summed E-state index contributed by atoms with van der Waals surface area (Å²) in [6, 6.07) is 0. The molecule has 0 aromatic rings. The van der Waals surface area contributed by atoms with Crippen LogP contribution in [0.2, 0.25) is 0 Å². The second-order valence-corrected chi connectivity index (χ2v) is 5.22. The molecule has 0 atom stereocenters. The fourth-order valence-corrected chi connectivity index (χ4v) is 2.79. The molecule has 1 nitrogen and oxygen atoms in total. The summed E-state index contributed by atoms with van der Waals surface area (Å²) >= 11 is 0. The van der Waals surface area contributed by atoms with Crippen molar-refractivity contribution in [3.63, 3.8) is 0 Å². The summed E-state index contributed by atoms with van der Waals surface area (Å²) in [5, 5.41) is 3.86. The summed E-state index contributed by atoms with van der Waals surface area (Å²) in [5.41, 5.74) is 0.516. The van der Waals surface area contributed by atoms with Crippen LogP contribution < -0.4 is 5.32 Å². The van der Waals surface area contributed by atoms with Crippen molar-refractivity contribution in [2.75, 3.05) is 6.54 Å². The van der Waals surface area contributed by atoms with E-state index in [1.165, 1.54) is 70.8 Å². The van der Waals surface area contributed by atoms with Gasteiger partial charge in [-0.2, -0.15) is 0 Å². The van der Waals surface area contributed by atoms with Gasteiger partial charge in [0.2, 0.25) is 0 Å². The van der Waals surface area contributed by atoms with Gasteiger partial charge in [-0.25, -0.2) is 0 Å². The first-order valence-electron chi connectivity index (χ1n) is 7.08. The molecule has 0 saturated carbocycles. The van der Waals surface area contributed by atoms with Gasteiger partial charge in [0.05, 0.1) is 0 Å². The number of hydrogen-bond acceptors (Lipinski definition) is 1. The molecule has 1 aliphatic rings. The molecule has 0 radical (unpaired) electrons. The molecule has 1 heteroatoms. The Balaban J connectivity index is 2.47. The van der Waals surface area contributed by atoms with E-state index in [-0.39, 0.29) is 0 Å². The lowest BCUT2D eigenvalue weighted by Crippen LogP contribution is -2.44. The molecule has 0 aromatic heterocycles. The Labute approximate surface area is 96.0 Å². The highest BCUT2D eigenvalue weighted by atomic mass is 15.0. The lowest BCUT2D eigenvalue weighted by atomic mass is 9.83. The van der Waals surface area contributed by atoms with Crippen LogP contribution in [0, 0.1) is 0 Å². The van der Waals surface area contributed by atoms with Crippen LogP contribution in [0.1, 0.15) is 78.1 Å². The van der Waals surface area contributed by atoms with Gasteiger partial charge in [0.25, 0.3) is 0 Å². The largest absolute Gasteiger partial charge is 0.311 e. The molecule has 1 N–H and O–H groups in total. The van der Waals surface area contributed by atoms with Crippen molar-refractivity contribution in [1.29, 1.82) is 0 Å². The van der Waals surface area contributed by atoms with Gasteiger partial charge in [0.15, 0.2) is 0 Å². The fraction of sp³-hybridized carbons (Fsp3) is 1.00. The minimum absolute atomic E-state index is 0.516. The summed E-state index contributed by atoms with van der Waals surface area (Å²) in [7, 11) is 0. The summed E-state index contributed by atoms with van der Waals surface area (Å²) in [5.74, 6) is 0. The highest BCUT2D eigenvalue weighted by Gasteiger charge is 2.28. The Bertz CT molecular complexity index is 135. The van der Waals surface area contributed by atoms with Gasteiger partial charge in [-0.1, -0.05) is 52.4 Å². The third kappa shape index (κ3) is 4.55. The van der Waals surface area contributed by atoms with Crippen molar-refractivity contribution < 1.29 is 0 Å². The molecule has 0 bridgehead atoms. The van der Waals surface area contributed by atoms with Crippen LogP contribution in [0.5, 0.6) is 0 Å². The third-order valence-corrected chi connectivity index (χ3v) is 3.85. The summed E-state index contributed by atoms with van der Waals surface area (Å²) in [4.78, 5) is 0. The maximum atomic E-state index is 3.86. The van der Waals surface area contributed by atoms with Crippen molar-refractivity contribution >= 4 is 0 Å².